The first-order chi connectivity index (χ1) is 7.74. The van der Waals surface area contributed by atoms with Gasteiger partial charge in [-0.05, 0) is 11.9 Å². The lowest BCUT2D eigenvalue weighted by Gasteiger charge is -2.02. The number of aromatic hydroxyl groups is 1. The van der Waals surface area contributed by atoms with Crippen molar-refractivity contribution in [3.8, 4) is 5.75 Å². The number of aromatic nitrogens is 2. The molecule has 1 rings (SSSR count). The molecule has 0 aromatic carbocycles. The van der Waals surface area contributed by atoms with E-state index in [-0.39, 0.29) is 11.8 Å². The van der Waals surface area contributed by atoms with Gasteiger partial charge in [-0.25, -0.2) is 4.79 Å². The standard InChI is InChI=1S/C8H14N4O2S2/c1-9-8(14)12-16-3-2-15-5-6-7(13)4-10-11-6/h4,13H,2-3,5H2,1H3,(H,10,11)(H2,9,12,14). The SMILES string of the molecule is CNC(=O)NSCCSCc1[nH]ncc1O. The summed E-state index contributed by atoms with van der Waals surface area (Å²) in [5.74, 6) is 2.58. The number of carbonyl (C=O) groups excluding carboxylic acids is 1. The van der Waals surface area contributed by atoms with E-state index in [1.807, 2.05) is 0 Å². The second-order valence-corrected chi connectivity index (χ2v) is 4.82. The van der Waals surface area contributed by atoms with Gasteiger partial charge in [0.2, 0.25) is 0 Å². The Morgan fingerprint density at radius 3 is 3.06 bits per heavy atom. The van der Waals surface area contributed by atoms with E-state index in [9.17, 15) is 9.90 Å². The topological polar surface area (TPSA) is 90.0 Å². The van der Waals surface area contributed by atoms with Crippen LogP contribution in [-0.4, -0.2) is 39.9 Å². The normalized spacial score (nSPS) is 10.1. The van der Waals surface area contributed by atoms with Crippen LogP contribution in [0.1, 0.15) is 5.69 Å². The number of carbonyl (C=O) groups is 1. The van der Waals surface area contributed by atoms with Crippen LogP contribution in [0, 0.1) is 0 Å². The van der Waals surface area contributed by atoms with Crippen molar-refractivity contribution in [1.82, 2.24) is 20.2 Å². The Morgan fingerprint density at radius 1 is 1.62 bits per heavy atom. The van der Waals surface area contributed by atoms with Gasteiger partial charge in [0.15, 0.2) is 5.75 Å². The molecule has 6 nitrogen and oxygen atoms in total. The van der Waals surface area contributed by atoms with Crippen LogP contribution in [0.25, 0.3) is 0 Å². The summed E-state index contributed by atoms with van der Waals surface area (Å²) >= 11 is 3.02. The molecule has 0 bridgehead atoms. The summed E-state index contributed by atoms with van der Waals surface area (Å²) in [5.41, 5.74) is 0.731. The predicted molar refractivity (Wildman–Crippen MR) is 66.5 cm³/mol. The number of amides is 2. The summed E-state index contributed by atoms with van der Waals surface area (Å²) < 4.78 is 2.62. The average Bonchev–Trinajstić information content (AvgIpc) is 2.69. The monoisotopic (exact) mass is 262 g/mol. The van der Waals surface area contributed by atoms with Gasteiger partial charge >= 0.3 is 6.03 Å². The lowest BCUT2D eigenvalue weighted by atomic mass is 10.5. The summed E-state index contributed by atoms with van der Waals surface area (Å²) in [7, 11) is 1.58. The maximum atomic E-state index is 10.8. The Morgan fingerprint density at radius 2 is 2.44 bits per heavy atom. The molecule has 0 aliphatic heterocycles. The Kier molecular flexibility index (Phi) is 5.94. The first kappa shape index (κ1) is 13.0. The summed E-state index contributed by atoms with van der Waals surface area (Å²) in [6.07, 6.45) is 1.39. The third-order valence-electron chi connectivity index (χ3n) is 1.66. The van der Waals surface area contributed by atoms with E-state index in [1.54, 1.807) is 18.8 Å². The van der Waals surface area contributed by atoms with Crippen LogP contribution in [0.5, 0.6) is 5.75 Å². The van der Waals surface area contributed by atoms with Crippen molar-refractivity contribution in [2.75, 3.05) is 18.6 Å². The zero-order chi connectivity index (χ0) is 11.8. The molecule has 1 heterocycles. The van der Waals surface area contributed by atoms with Crippen molar-refractivity contribution in [2.24, 2.45) is 0 Å². The molecule has 0 saturated heterocycles. The number of H-pyrrole nitrogens is 1. The van der Waals surface area contributed by atoms with Gasteiger partial charge in [-0.15, -0.1) is 0 Å². The first-order valence-corrected chi connectivity index (χ1v) is 6.76. The van der Waals surface area contributed by atoms with E-state index in [0.29, 0.717) is 5.75 Å². The molecular weight excluding hydrogens is 248 g/mol. The maximum Gasteiger partial charge on any atom is 0.324 e. The lowest BCUT2D eigenvalue weighted by Crippen LogP contribution is -2.27. The highest BCUT2D eigenvalue weighted by Gasteiger charge is 2.02. The molecule has 0 aliphatic rings. The second kappa shape index (κ2) is 7.29. The number of hydrogen-bond donors (Lipinski definition) is 4. The Balaban J connectivity index is 2.00. The van der Waals surface area contributed by atoms with Crippen molar-refractivity contribution >= 4 is 29.7 Å². The van der Waals surface area contributed by atoms with Crippen LogP contribution in [0.2, 0.25) is 0 Å². The largest absolute Gasteiger partial charge is 0.504 e. The Labute approximate surface area is 102 Å². The van der Waals surface area contributed by atoms with Gasteiger partial charge in [0.05, 0.1) is 11.9 Å². The van der Waals surface area contributed by atoms with Gasteiger partial charge in [-0.3, -0.25) is 9.82 Å². The number of rotatable bonds is 6. The minimum Gasteiger partial charge on any atom is -0.504 e. The van der Waals surface area contributed by atoms with E-state index < -0.39 is 0 Å². The third kappa shape index (κ3) is 4.67. The molecule has 1 aromatic rings. The van der Waals surface area contributed by atoms with Crippen LogP contribution in [-0.2, 0) is 5.75 Å². The van der Waals surface area contributed by atoms with Crippen molar-refractivity contribution in [1.29, 1.82) is 0 Å². The smallest absolute Gasteiger partial charge is 0.324 e. The summed E-state index contributed by atoms with van der Waals surface area (Å²) in [4.78, 5) is 10.8. The third-order valence-corrected chi connectivity index (χ3v) is 3.65. The van der Waals surface area contributed by atoms with Crippen LogP contribution in [0.4, 0.5) is 4.79 Å². The summed E-state index contributed by atoms with van der Waals surface area (Å²) in [5, 5.41) is 18.2. The van der Waals surface area contributed by atoms with E-state index in [0.717, 1.165) is 17.2 Å². The molecule has 2 amide bonds. The molecule has 8 heteroatoms. The highest BCUT2D eigenvalue weighted by atomic mass is 32.2. The molecular formula is C8H14N4O2S2. The number of nitrogens with zero attached hydrogens (tertiary/aromatic N) is 1. The summed E-state index contributed by atoms with van der Waals surface area (Å²) in [6, 6.07) is -0.193. The molecule has 0 atom stereocenters. The van der Waals surface area contributed by atoms with Crippen LogP contribution >= 0.6 is 23.7 Å². The quantitative estimate of drug-likeness (QED) is 0.452. The van der Waals surface area contributed by atoms with Crippen molar-refractivity contribution in [2.45, 2.75) is 5.75 Å². The van der Waals surface area contributed by atoms with Gasteiger partial charge < -0.3 is 10.4 Å². The van der Waals surface area contributed by atoms with E-state index in [1.165, 1.54) is 18.1 Å². The fourth-order valence-corrected chi connectivity index (χ4v) is 2.56. The minimum absolute atomic E-state index is 0.193. The van der Waals surface area contributed by atoms with E-state index >= 15 is 0 Å². The molecule has 4 N–H and O–H groups in total. The predicted octanol–water partition coefficient (Wildman–Crippen LogP) is 0.926. The fraction of sp³-hybridized carbons (Fsp3) is 0.500. The van der Waals surface area contributed by atoms with Gasteiger partial charge in [0.25, 0.3) is 0 Å². The van der Waals surface area contributed by atoms with E-state index in [2.05, 4.69) is 20.2 Å². The van der Waals surface area contributed by atoms with Crippen LogP contribution in [0.3, 0.4) is 0 Å². The molecule has 0 unspecified atom stereocenters. The second-order valence-electron chi connectivity index (χ2n) is 2.82. The number of nitrogens with one attached hydrogen (secondary N) is 3. The molecule has 0 fully saturated rings. The minimum atomic E-state index is -0.193. The van der Waals surface area contributed by atoms with Gasteiger partial charge in [0.1, 0.15) is 0 Å². The number of aromatic amines is 1. The fourth-order valence-electron chi connectivity index (χ4n) is 0.855. The molecule has 0 saturated carbocycles. The number of thioether (sulfide) groups is 1. The van der Waals surface area contributed by atoms with Crippen LogP contribution in [0.15, 0.2) is 6.20 Å². The van der Waals surface area contributed by atoms with Crippen molar-refractivity contribution in [3.63, 3.8) is 0 Å². The van der Waals surface area contributed by atoms with Gasteiger partial charge in [-0.1, -0.05) is 0 Å². The molecule has 1 aromatic heterocycles. The zero-order valence-corrected chi connectivity index (χ0v) is 10.5. The lowest BCUT2D eigenvalue weighted by molar-refractivity contribution is 0.248. The van der Waals surface area contributed by atoms with Crippen molar-refractivity contribution < 1.29 is 9.90 Å². The number of hydrogen-bond acceptors (Lipinski definition) is 5. The molecule has 16 heavy (non-hydrogen) atoms. The molecule has 0 aliphatic carbocycles. The highest BCUT2D eigenvalue weighted by Crippen LogP contribution is 2.19. The van der Waals surface area contributed by atoms with Crippen molar-refractivity contribution in [3.05, 3.63) is 11.9 Å². The first-order valence-electron chi connectivity index (χ1n) is 4.62. The Hall–Kier alpha value is -1.02. The average molecular weight is 262 g/mol. The van der Waals surface area contributed by atoms with Gasteiger partial charge in [0, 0.05) is 24.3 Å². The number of urea groups is 1. The van der Waals surface area contributed by atoms with Gasteiger partial charge in [-0.2, -0.15) is 16.9 Å². The maximum absolute atomic E-state index is 10.8. The summed E-state index contributed by atoms with van der Waals surface area (Å²) in [6.45, 7) is 0. The molecule has 0 radical (unpaired) electrons. The zero-order valence-electron chi connectivity index (χ0n) is 8.82. The molecule has 0 spiro atoms. The Bertz CT molecular complexity index is 332. The van der Waals surface area contributed by atoms with E-state index in [4.69, 9.17) is 0 Å². The van der Waals surface area contributed by atoms with Crippen LogP contribution < -0.4 is 10.0 Å². The molecule has 90 valence electrons. The highest BCUT2D eigenvalue weighted by molar-refractivity contribution is 8.01.